The van der Waals surface area contributed by atoms with Crippen molar-refractivity contribution in [2.45, 2.75) is 60.5 Å². The highest BCUT2D eigenvalue weighted by Crippen LogP contribution is 2.02. The average molecular weight is 279 g/mol. The first-order valence-corrected chi connectivity index (χ1v) is 7.40. The Kier molecular flexibility index (Phi) is 13.0. The highest BCUT2D eigenvalue weighted by Gasteiger charge is 2.08. The lowest BCUT2D eigenvalue weighted by atomic mass is 10.2. The van der Waals surface area contributed by atoms with Gasteiger partial charge in [0.25, 0.3) is 0 Å². The molecule has 0 aliphatic carbocycles. The van der Waals surface area contributed by atoms with Crippen LogP contribution < -0.4 is 0 Å². The molecule has 0 aromatic rings. The largest absolute Gasteiger partial charge is 0.358 e. The summed E-state index contributed by atoms with van der Waals surface area (Å²) in [4.78, 5) is 4.47. The molecule has 0 fully saturated rings. The molecule has 17 heavy (non-hydrogen) atoms. The molecule has 0 aliphatic rings. The van der Waals surface area contributed by atoms with Gasteiger partial charge in [-0.05, 0) is 48.1 Å². The van der Waals surface area contributed by atoms with Crippen LogP contribution in [-0.4, -0.2) is 45.8 Å². The van der Waals surface area contributed by atoms with Crippen LogP contribution in [0.3, 0.4) is 0 Å². The minimum Gasteiger partial charge on any atom is -0.358 e. The van der Waals surface area contributed by atoms with Crippen LogP contribution >= 0.6 is 24.8 Å². The summed E-state index contributed by atoms with van der Waals surface area (Å²) in [5.74, 6) is 0. The molecule has 0 radical (unpaired) electrons. The zero-order valence-electron chi connectivity index (χ0n) is 12.5. The van der Waals surface area contributed by atoms with Gasteiger partial charge in [-0.1, -0.05) is 19.1 Å². The topological polar surface area (TPSA) is 6.48 Å². The Bertz CT molecular complexity index is 182. The van der Waals surface area contributed by atoms with Crippen molar-refractivity contribution in [2.24, 2.45) is 0 Å². The van der Waals surface area contributed by atoms with Crippen molar-refractivity contribution in [1.82, 2.24) is 9.80 Å². The molecule has 0 saturated heterocycles. The lowest BCUT2D eigenvalue weighted by Crippen LogP contribution is -2.36. The van der Waals surface area contributed by atoms with E-state index < -0.39 is 0 Å². The summed E-state index contributed by atoms with van der Waals surface area (Å²) in [6.45, 7) is 18.4. The number of hydrogen-bond acceptors (Lipinski definition) is 2. The third-order valence-corrected chi connectivity index (χ3v) is 3.27. The standard InChI is InChI=1S/C8H19N.C5H11NS2/c1-6-9(7(2)3)8(4)5;1-3-6(4-2)5(7)8/h7-8H,6H2,1-5H3;3-4H2,1-2H3,(H,7,8). The van der Waals surface area contributed by atoms with E-state index in [0.29, 0.717) is 16.4 Å². The predicted molar refractivity (Wildman–Crippen MR) is 87.2 cm³/mol. The number of hydrogen-bond donors (Lipinski definition) is 1. The van der Waals surface area contributed by atoms with Gasteiger partial charge in [-0.25, -0.2) is 0 Å². The van der Waals surface area contributed by atoms with Crippen LogP contribution in [0.15, 0.2) is 0 Å². The third-order valence-electron chi connectivity index (χ3n) is 2.73. The average Bonchev–Trinajstić information content (AvgIpc) is 2.19. The molecule has 0 unspecified atom stereocenters. The molecule has 2 nitrogen and oxygen atoms in total. The second-order valence-corrected chi connectivity index (χ2v) is 5.59. The van der Waals surface area contributed by atoms with Crippen molar-refractivity contribution in [3.05, 3.63) is 0 Å². The molecular formula is C13H30N2S2. The third kappa shape index (κ3) is 9.86. The fraction of sp³-hybridized carbons (Fsp3) is 0.923. The first kappa shape index (κ1) is 19.5. The van der Waals surface area contributed by atoms with Crippen LogP contribution in [0, 0.1) is 0 Å². The van der Waals surface area contributed by atoms with E-state index >= 15 is 0 Å². The zero-order chi connectivity index (χ0) is 14.0. The van der Waals surface area contributed by atoms with Crippen LogP contribution in [0.1, 0.15) is 48.5 Å². The summed E-state index contributed by atoms with van der Waals surface area (Å²) >= 11 is 8.82. The molecule has 0 N–H and O–H groups in total. The first-order valence-electron chi connectivity index (χ1n) is 6.55. The Hall–Kier alpha value is 0.200. The minimum absolute atomic E-state index is 0.690. The van der Waals surface area contributed by atoms with Gasteiger partial charge >= 0.3 is 0 Å². The summed E-state index contributed by atoms with van der Waals surface area (Å²) in [5, 5.41) is 0. The van der Waals surface area contributed by atoms with E-state index in [1.807, 2.05) is 4.90 Å². The molecule has 0 rings (SSSR count). The van der Waals surface area contributed by atoms with E-state index in [1.165, 1.54) is 0 Å². The Labute approximate surface area is 119 Å². The summed E-state index contributed by atoms with van der Waals surface area (Å²) in [6, 6.07) is 1.38. The van der Waals surface area contributed by atoms with Crippen molar-refractivity contribution < 1.29 is 0 Å². The highest BCUT2D eigenvalue weighted by molar-refractivity contribution is 8.10. The molecular weight excluding hydrogens is 248 g/mol. The van der Waals surface area contributed by atoms with Gasteiger partial charge in [0.1, 0.15) is 4.32 Å². The lowest BCUT2D eigenvalue weighted by molar-refractivity contribution is 0.185. The Morgan fingerprint density at radius 3 is 1.29 bits per heavy atom. The molecule has 0 aromatic heterocycles. The lowest BCUT2D eigenvalue weighted by Gasteiger charge is -2.28. The molecule has 4 heteroatoms. The molecule has 0 atom stereocenters. The van der Waals surface area contributed by atoms with Crippen molar-refractivity contribution in [1.29, 1.82) is 0 Å². The van der Waals surface area contributed by atoms with Gasteiger partial charge in [0.05, 0.1) is 0 Å². The van der Waals surface area contributed by atoms with Crippen molar-refractivity contribution in [3.63, 3.8) is 0 Å². The van der Waals surface area contributed by atoms with Gasteiger partial charge in [-0.15, -0.1) is 12.6 Å². The van der Waals surface area contributed by atoms with Crippen LogP contribution in [0.2, 0.25) is 0 Å². The maximum atomic E-state index is 4.81. The zero-order valence-corrected chi connectivity index (χ0v) is 14.2. The Balaban J connectivity index is 0. The second kappa shape index (κ2) is 11.3. The molecule has 0 spiro atoms. The molecule has 0 bridgehead atoms. The van der Waals surface area contributed by atoms with Crippen molar-refractivity contribution in [3.8, 4) is 0 Å². The minimum atomic E-state index is 0.690. The number of thiocarbonyl (C=S) groups is 1. The quantitative estimate of drug-likeness (QED) is 0.606. The molecule has 104 valence electrons. The summed E-state index contributed by atoms with van der Waals surface area (Å²) in [6.07, 6.45) is 0. The van der Waals surface area contributed by atoms with Crippen molar-refractivity contribution in [2.75, 3.05) is 19.6 Å². The van der Waals surface area contributed by atoms with Gasteiger partial charge < -0.3 is 4.90 Å². The fourth-order valence-electron chi connectivity index (χ4n) is 1.82. The number of thiol groups is 1. The molecule has 0 saturated carbocycles. The van der Waals surface area contributed by atoms with Crippen LogP contribution in [0.4, 0.5) is 0 Å². The highest BCUT2D eigenvalue weighted by atomic mass is 32.1. The summed E-state index contributed by atoms with van der Waals surface area (Å²) in [5.41, 5.74) is 0. The number of nitrogens with zero attached hydrogens (tertiary/aromatic N) is 2. The smallest absolute Gasteiger partial charge is 0.133 e. The van der Waals surface area contributed by atoms with E-state index in [0.717, 1.165) is 19.6 Å². The molecule has 0 amide bonds. The van der Waals surface area contributed by atoms with Gasteiger partial charge in [0.2, 0.25) is 0 Å². The van der Waals surface area contributed by atoms with E-state index in [2.05, 4.69) is 66.0 Å². The van der Waals surface area contributed by atoms with Gasteiger partial charge in [-0.3, -0.25) is 4.90 Å². The van der Waals surface area contributed by atoms with Crippen LogP contribution in [-0.2, 0) is 0 Å². The first-order chi connectivity index (χ1) is 7.81. The number of rotatable bonds is 5. The molecule has 0 aromatic carbocycles. The van der Waals surface area contributed by atoms with E-state index in [-0.39, 0.29) is 0 Å². The predicted octanol–water partition coefficient (Wildman–Crippen LogP) is 3.67. The summed E-state index contributed by atoms with van der Waals surface area (Å²) < 4.78 is 0.690. The fourth-order valence-corrected chi connectivity index (χ4v) is 2.36. The van der Waals surface area contributed by atoms with E-state index in [1.54, 1.807) is 0 Å². The molecule has 0 heterocycles. The maximum absolute atomic E-state index is 4.81. The van der Waals surface area contributed by atoms with Gasteiger partial charge in [-0.2, -0.15) is 0 Å². The Morgan fingerprint density at radius 2 is 1.29 bits per heavy atom. The van der Waals surface area contributed by atoms with Gasteiger partial charge in [0.15, 0.2) is 0 Å². The SMILES string of the molecule is CCN(C(C)C)C(C)C.CCN(CC)C(=S)S. The van der Waals surface area contributed by atoms with Crippen LogP contribution in [0.25, 0.3) is 0 Å². The summed E-state index contributed by atoms with van der Waals surface area (Å²) in [7, 11) is 0. The Morgan fingerprint density at radius 1 is 0.941 bits per heavy atom. The molecule has 0 aliphatic heterocycles. The monoisotopic (exact) mass is 278 g/mol. The maximum Gasteiger partial charge on any atom is 0.133 e. The van der Waals surface area contributed by atoms with Gasteiger partial charge in [0, 0.05) is 25.2 Å². The second-order valence-electron chi connectivity index (χ2n) is 4.47. The van der Waals surface area contributed by atoms with Crippen LogP contribution in [0.5, 0.6) is 0 Å². The van der Waals surface area contributed by atoms with E-state index in [9.17, 15) is 0 Å². The van der Waals surface area contributed by atoms with E-state index in [4.69, 9.17) is 12.2 Å². The van der Waals surface area contributed by atoms with Crippen molar-refractivity contribution >= 4 is 29.2 Å². The normalized spacial score (nSPS) is 10.5.